The Balaban J connectivity index is 2.03. The predicted octanol–water partition coefficient (Wildman–Crippen LogP) is 2.32. The maximum absolute atomic E-state index is 12.4. The molecule has 1 N–H and O–H groups in total. The van der Waals surface area contributed by atoms with Crippen molar-refractivity contribution in [3.8, 4) is 0 Å². The van der Waals surface area contributed by atoms with Gasteiger partial charge in [-0.15, -0.1) is 0 Å². The minimum absolute atomic E-state index is 0.0480. The van der Waals surface area contributed by atoms with E-state index in [2.05, 4.69) is 24.1 Å². The summed E-state index contributed by atoms with van der Waals surface area (Å²) in [5.74, 6) is -0.0480. The Labute approximate surface area is 123 Å². The molecular formula is C16H30N2O2. The summed E-state index contributed by atoms with van der Waals surface area (Å²) in [7, 11) is 0. The number of rotatable bonds is 5. The molecule has 2 atom stereocenters. The number of ether oxygens (including phenoxy) is 1. The highest BCUT2D eigenvalue weighted by Crippen LogP contribution is 2.35. The first-order valence-corrected chi connectivity index (χ1v) is 8.26. The first kappa shape index (κ1) is 15.8. The van der Waals surface area contributed by atoms with Gasteiger partial charge < -0.3 is 9.64 Å². The molecule has 2 fully saturated rings. The molecule has 0 aromatic rings. The monoisotopic (exact) mass is 282 g/mol. The summed E-state index contributed by atoms with van der Waals surface area (Å²) < 4.78 is 5.35. The molecule has 0 aromatic carbocycles. The van der Waals surface area contributed by atoms with E-state index in [-0.39, 0.29) is 5.97 Å². The summed E-state index contributed by atoms with van der Waals surface area (Å²) in [5.41, 5.74) is -0.452. The SMILES string of the molecule is CCOC(=O)C1(NC(C)C)CCC(N2CCCCC2)C1. The van der Waals surface area contributed by atoms with Crippen LogP contribution < -0.4 is 5.32 Å². The van der Waals surface area contributed by atoms with Gasteiger partial charge in [0.25, 0.3) is 0 Å². The van der Waals surface area contributed by atoms with Gasteiger partial charge in [-0.1, -0.05) is 6.42 Å². The van der Waals surface area contributed by atoms with Crippen LogP contribution in [0.1, 0.15) is 59.3 Å². The van der Waals surface area contributed by atoms with E-state index < -0.39 is 5.54 Å². The number of nitrogens with zero attached hydrogens (tertiary/aromatic N) is 1. The van der Waals surface area contributed by atoms with E-state index in [4.69, 9.17) is 4.74 Å². The smallest absolute Gasteiger partial charge is 0.326 e. The van der Waals surface area contributed by atoms with Crippen LogP contribution in [0.4, 0.5) is 0 Å². The van der Waals surface area contributed by atoms with Crippen molar-refractivity contribution < 1.29 is 9.53 Å². The number of carbonyl (C=O) groups excluding carboxylic acids is 1. The second-order valence-electron chi connectivity index (χ2n) is 6.59. The molecule has 4 heteroatoms. The predicted molar refractivity (Wildman–Crippen MR) is 80.7 cm³/mol. The fourth-order valence-corrected chi connectivity index (χ4v) is 3.81. The van der Waals surface area contributed by atoms with Crippen molar-refractivity contribution >= 4 is 5.97 Å². The van der Waals surface area contributed by atoms with Gasteiger partial charge in [-0.05, 0) is 66.0 Å². The molecule has 1 aliphatic heterocycles. The van der Waals surface area contributed by atoms with Crippen LogP contribution in [-0.2, 0) is 9.53 Å². The molecule has 2 aliphatic rings. The molecular weight excluding hydrogens is 252 g/mol. The van der Waals surface area contributed by atoms with E-state index in [1.165, 1.54) is 32.4 Å². The number of carbonyl (C=O) groups is 1. The minimum Gasteiger partial charge on any atom is -0.465 e. The van der Waals surface area contributed by atoms with Crippen LogP contribution in [0.3, 0.4) is 0 Å². The molecule has 0 bridgehead atoms. The van der Waals surface area contributed by atoms with Crippen molar-refractivity contribution in [2.45, 2.75) is 76.9 Å². The van der Waals surface area contributed by atoms with Gasteiger partial charge in [-0.3, -0.25) is 10.1 Å². The third kappa shape index (κ3) is 3.53. The van der Waals surface area contributed by atoms with Crippen LogP contribution in [0.15, 0.2) is 0 Å². The third-order valence-corrected chi connectivity index (χ3v) is 4.63. The summed E-state index contributed by atoms with van der Waals surface area (Å²) in [4.78, 5) is 15.0. The molecule has 1 saturated heterocycles. The molecule has 0 radical (unpaired) electrons. The Bertz CT molecular complexity index is 326. The van der Waals surface area contributed by atoms with Crippen LogP contribution in [-0.4, -0.2) is 48.2 Å². The van der Waals surface area contributed by atoms with E-state index in [0.29, 0.717) is 18.7 Å². The zero-order chi connectivity index (χ0) is 14.6. The maximum Gasteiger partial charge on any atom is 0.326 e. The van der Waals surface area contributed by atoms with Crippen molar-refractivity contribution in [1.82, 2.24) is 10.2 Å². The largest absolute Gasteiger partial charge is 0.465 e. The molecule has 1 aliphatic carbocycles. The molecule has 1 heterocycles. The molecule has 0 aromatic heterocycles. The summed E-state index contributed by atoms with van der Waals surface area (Å²) in [5, 5.41) is 3.51. The first-order chi connectivity index (χ1) is 9.57. The standard InChI is InChI=1S/C16H30N2O2/c1-4-20-15(19)16(17-13(2)3)9-8-14(12-16)18-10-6-5-7-11-18/h13-14,17H,4-12H2,1-3H3. The fourth-order valence-electron chi connectivity index (χ4n) is 3.81. The van der Waals surface area contributed by atoms with Crippen molar-refractivity contribution in [2.75, 3.05) is 19.7 Å². The number of hydrogen-bond donors (Lipinski definition) is 1. The normalized spacial score (nSPS) is 31.7. The van der Waals surface area contributed by atoms with Gasteiger partial charge in [0.05, 0.1) is 6.61 Å². The summed E-state index contributed by atoms with van der Waals surface area (Å²) in [6.07, 6.45) is 6.89. The molecule has 2 rings (SSSR count). The Morgan fingerprint density at radius 2 is 2.05 bits per heavy atom. The van der Waals surface area contributed by atoms with Crippen LogP contribution >= 0.6 is 0 Å². The second kappa shape index (κ2) is 6.90. The number of hydrogen-bond acceptors (Lipinski definition) is 4. The van der Waals surface area contributed by atoms with Gasteiger partial charge >= 0.3 is 5.97 Å². The highest BCUT2D eigenvalue weighted by molar-refractivity contribution is 5.81. The molecule has 20 heavy (non-hydrogen) atoms. The lowest BCUT2D eigenvalue weighted by molar-refractivity contribution is -0.151. The van der Waals surface area contributed by atoms with Crippen LogP contribution in [0, 0.1) is 0 Å². The van der Waals surface area contributed by atoms with E-state index in [1.807, 2.05) is 6.92 Å². The molecule has 116 valence electrons. The molecule has 1 saturated carbocycles. The average molecular weight is 282 g/mol. The van der Waals surface area contributed by atoms with E-state index >= 15 is 0 Å². The number of likely N-dealkylation sites (tertiary alicyclic amines) is 1. The van der Waals surface area contributed by atoms with Gasteiger partial charge in [0, 0.05) is 12.1 Å². The van der Waals surface area contributed by atoms with Crippen LogP contribution in [0.2, 0.25) is 0 Å². The third-order valence-electron chi connectivity index (χ3n) is 4.63. The van der Waals surface area contributed by atoms with Gasteiger partial charge in [0.2, 0.25) is 0 Å². The highest BCUT2D eigenvalue weighted by Gasteiger charge is 2.48. The number of nitrogens with one attached hydrogen (secondary N) is 1. The lowest BCUT2D eigenvalue weighted by Gasteiger charge is -2.35. The quantitative estimate of drug-likeness (QED) is 0.786. The fraction of sp³-hybridized carbons (Fsp3) is 0.938. The average Bonchev–Trinajstić information content (AvgIpc) is 2.85. The zero-order valence-electron chi connectivity index (χ0n) is 13.3. The van der Waals surface area contributed by atoms with Crippen molar-refractivity contribution in [1.29, 1.82) is 0 Å². The summed E-state index contributed by atoms with van der Waals surface area (Å²) >= 11 is 0. The van der Waals surface area contributed by atoms with E-state index in [1.54, 1.807) is 0 Å². The van der Waals surface area contributed by atoms with Crippen LogP contribution in [0.5, 0.6) is 0 Å². The maximum atomic E-state index is 12.4. The van der Waals surface area contributed by atoms with Crippen molar-refractivity contribution in [2.24, 2.45) is 0 Å². The topological polar surface area (TPSA) is 41.6 Å². The Kier molecular flexibility index (Phi) is 5.44. The highest BCUT2D eigenvalue weighted by atomic mass is 16.5. The summed E-state index contributed by atoms with van der Waals surface area (Å²) in [6.45, 7) is 8.97. The molecule has 0 amide bonds. The van der Waals surface area contributed by atoms with Gasteiger partial charge in [0.15, 0.2) is 0 Å². The zero-order valence-corrected chi connectivity index (χ0v) is 13.3. The number of piperidine rings is 1. The van der Waals surface area contributed by atoms with Gasteiger partial charge in [0.1, 0.15) is 5.54 Å². The number of esters is 1. The molecule has 4 nitrogen and oxygen atoms in total. The van der Waals surface area contributed by atoms with Gasteiger partial charge in [-0.2, -0.15) is 0 Å². The lowest BCUT2D eigenvalue weighted by Crippen LogP contribution is -2.54. The van der Waals surface area contributed by atoms with Gasteiger partial charge in [-0.25, -0.2) is 0 Å². The molecule has 2 unspecified atom stereocenters. The lowest BCUT2D eigenvalue weighted by atomic mass is 9.95. The Morgan fingerprint density at radius 3 is 2.65 bits per heavy atom. The van der Waals surface area contributed by atoms with E-state index in [9.17, 15) is 4.79 Å². The van der Waals surface area contributed by atoms with Crippen molar-refractivity contribution in [3.63, 3.8) is 0 Å². The summed E-state index contributed by atoms with van der Waals surface area (Å²) in [6, 6.07) is 0.852. The second-order valence-corrected chi connectivity index (χ2v) is 6.59. The van der Waals surface area contributed by atoms with Crippen LogP contribution in [0.25, 0.3) is 0 Å². The molecule has 0 spiro atoms. The Hall–Kier alpha value is -0.610. The minimum atomic E-state index is -0.452. The first-order valence-electron chi connectivity index (χ1n) is 8.26. The Morgan fingerprint density at radius 1 is 1.35 bits per heavy atom. The van der Waals surface area contributed by atoms with Crippen molar-refractivity contribution in [3.05, 3.63) is 0 Å². The van der Waals surface area contributed by atoms with E-state index in [0.717, 1.165) is 19.3 Å².